The second-order valence-electron chi connectivity index (χ2n) is 7.81. The van der Waals surface area contributed by atoms with Gasteiger partial charge in [-0.15, -0.1) is 11.6 Å². The highest BCUT2D eigenvalue weighted by Gasteiger charge is 2.48. The summed E-state index contributed by atoms with van der Waals surface area (Å²) in [5.41, 5.74) is 4.06. The smallest absolute Gasteiger partial charge is 0.273 e. The Balaban J connectivity index is 1.53. The molecule has 9 heteroatoms. The number of anilines is 1. The molecule has 180 valence electrons. The first-order valence-electron chi connectivity index (χ1n) is 11.0. The summed E-state index contributed by atoms with van der Waals surface area (Å²) in [7, 11) is 0. The van der Waals surface area contributed by atoms with Crippen molar-refractivity contribution in [1.82, 2.24) is 10.4 Å². The average Bonchev–Trinajstić information content (AvgIpc) is 2.84. The van der Waals surface area contributed by atoms with Crippen LogP contribution in [-0.2, 0) is 9.59 Å². The maximum Gasteiger partial charge on any atom is 0.273 e. The molecule has 3 amide bonds. The van der Waals surface area contributed by atoms with Crippen LogP contribution in [0.5, 0.6) is 17.2 Å². The molecule has 4 rings (SSSR count). The first-order valence-corrected chi connectivity index (χ1v) is 11.5. The van der Waals surface area contributed by atoms with Crippen molar-refractivity contribution in [1.29, 1.82) is 0 Å². The van der Waals surface area contributed by atoms with Crippen LogP contribution in [0.25, 0.3) is 0 Å². The Morgan fingerprint density at radius 2 is 1.74 bits per heavy atom. The maximum absolute atomic E-state index is 13.1. The van der Waals surface area contributed by atoms with Crippen molar-refractivity contribution in [3.8, 4) is 17.2 Å². The zero-order valence-electron chi connectivity index (χ0n) is 19.2. The minimum atomic E-state index is -0.837. The van der Waals surface area contributed by atoms with Crippen LogP contribution < -0.4 is 20.2 Å². The van der Waals surface area contributed by atoms with E-state index in [0.717, 1.165) is 0 Å². The molecule has 1 heterocycles. The number of hydrogen-bond donors (Lipinski definition) is 2. The van der Waals surface area contributed by atoms with Gasteiger partial charge in [-0.1, -0.05) is 30.3 Å². The molecule has 0 bridgehead atoms. The Bertz CT molecular complexity index is 1250. The molecule has 2 N–H and O–H groups in total. The summed E-state index contributed by atoms with van der Waals surface area (Å²) in [6, 6.07) is 20.6. The molecule has 0 radical (unpaired) electrons. The first-order chi connectivity index (χ1) is 16.9. The van der Waals surface area contributed by atoms with E-state index in [1.54, 1.807) is 37.3 Å². The summed E-state index contributed by atoms with van der Waals surface area (Å²) >= 11 is 6.34. The number of hydrazine groups is 1. The number of alkyl halides is 1. The molecule has 1 aliphatic rings. The molecule has 3 aromatic carbocycles. The molecule has 1 aliphatic heterocycles. The van der Waals surface area contributed by atoms with Crippen molar-refractivity contribution in [2.75, 3.05) is 11.9 Å². The molecule has 1 saturated heterocycles. The normalized spacial score (nSPS) is 16.8. The van der Waals surface area contributed by atoms with Crippen LogP contribution in [0.4, 0.5) is 5.69 Å². The van der Waals surface area contributed by atoms with Gasteiger partial charge in [0.2, 0.25) is 5.91 Å². The molecule has 1 fully saturated rings. The minimum Gasteiger partial charge on any atom is -0.493 e. The summed E-state index contributed by atoms with van der Waals surface area (Å²) in [5.74, 6) is 0.323. The van der Waals surface area contributed by atoms with Crippen LogP contribution in [0, 0.1) is 0 Å². The van der Waals surface area contributed by atoms with Crippen LogP contribution in [0.3, 0.4) is 0 Å². The fraction of sp³-hybridized carbons (Fsp3) is 0.192. The van der Waals surface area contributed by atoms with Crippen LogP contribution in [0.1, 0.15) is 35.8 Å². The first kappa shape index (κ1) is 24.1. The Morgan fingerprint density at radius 1 is 1.00 bits per heavy atom. The van der Waals surface area contributed by atoms with Gasteiger partial charge in [-0.2, -0.15) is 0 Å². The number of rotatable bonds is 8. The maximum atomic E-state index is 13.1. The molecule has 3 aromatic rings. The standard InChI is InChI=1S/C26H24ClN3O5/c1-3-34-22-15-18(28-16(2)31)12-13-21(22)25(32)29-30-24(23(27)26(30)33)17-8-7-11-20(14-17)35-19-9-5-4-6-10-19/h4-15,23-24H,3H2,1-2H3,(H,28,31)(H,29,32)/t23-,24+/m1/s1. The summed E-state index contributed by atoms with van der Waals surface area (Å²) in [6.07, 6.45) is 0. The second kappa shape index (κ2) is 10.5. The molecule has 35 heavy (non-hydrogen) atoms. The number of benzene rings is 3. The molecular formula is C26H24ClN3O5. The van der Waals surface area contributed by atoms with Crippen molar-refractivity contribution < 1.29 is 23.9 Å². The molecule has 0 unspecified atom stereocenters. The molecule has 2 atom stereocenters. The number of nitrogens with zero attached hydrogens (tertiary/aromatic N) is 1. The number of ether oxygens (including phenoxy) is 2. The predicted molar refractivity (Wildman–Crippen MR) is 132 cm³/mol. The molecule has 0 saturated carbocycles. The molecular weight excluding hydrogens is 470 g/mol. The topological polar surface area (TPSA) is 97.0 Å². The van der Waals surface area contributed by atoms with Gasteiger partial charge >= 0.3 is 0 Å². The van der Waals surface area contributed by atoms with Gasteiger partial charge < -0.3 is 14.8 Å². The van der Waals surface area contributed by atoms with Gasteiger partial charge in [-0.3, -0.25) is 19.8 Å². The Labute approximate surface area is 207 Å². The molecule has 0 aromatic heterocycles. The van der Waals surface area contributed by atoms with Crippen molar-refractivity contribution in [3.63, 3.8) is 0 Å². The van der Waals surface area contributed by atoms with Gasteiger partial charge in [0.05, 0.1) is 12.2 Å². The number of para-hydroxylation sites is 1. The number of hydrogen-bond acceptors (Lipinski definition) is 5. The van der Waals surface area contributed by atoms with Crippen LogP contribution in [0.15, 0.2) is 72.8 Å². The highest BCUT2D eigenvalue weighted by Crippen LogP contribution is 2.39. The third kappa shape index (κ3) is 5.38. The number of carbonyl (C=O) groups is 3. The minimum absolute atomic E-state index is 0.215. The zero-order valence-corrected chi connectivity index (χ0v) is 19.9. The Morgan fingerprint density at radius 3 is 2.46 bits per heavy atom. The largest absolute Gasteiger partial charge is 0.493 e. The van der Waals surface area contributed by atoms with Gasteiger partial charge in [-0.25, -0.2) is 5.01 Å². The number of carbonyl (C=O) groups excluding carboxylic acids is 3. The Hall–Kier alpha value is -4.04. The highest BCUT2D eigenvalue weighted by molar-refractivity contribution is 6.33. The van der Waals surface area contributed by atoms with Crippen LogP contribution >= 0.6 is 11.6 Å². The number of nitrogens with one attached hydrogen (secondary N) is 2. The van der Waals surface area contributed by atoms with E-state index >= 15 is 0 Å². The van der Waals surface area contributed by atoms with E-state index in [9.17, 15) is 14.4 Å². The predicted octanol–water partition coefficient (Wildman–Crippen LogP) is 4.67. The van der Waals surface area contributed by atoms with Crippen LogP contribution in [-0.4, -0.2) is 34.7 Å². The quantitative estimate of drug-likeness (QED) is 0.351. The van der Waals surface area contributed by atoms with Gasteiger partial charge in [0.15, 0.2) is 0 Å². The van der Waals surface area contributed by atoms with E-state index in [0.29, 0.717) is 29.4 Å². The summed E-state index contributed by atoms with van der Waals surface area (Å²) in [5, 5.41) is 3.02. The Kier molecular flexibility index (Phi) is 7.22. The number of amides is 3. The lowest BCUT2D eigenvalue weighted by atomic mass is 9.95. The van der Waals surface area contributed by atoms with Crippen LogP contribution in [0.2, 0.25) is 0 Å². The molecule has 0 spiro atoms. The van der Waals surface area contributed by atoms with Crippen molar-refractivity contribution in [2.24, 2.45) is 0 Å². The monoisotopic (exact) mass is 493 g/mol. The fourth-order valence-electron chi connectivity index (χ4n) is 3.72. The van der Waals surface area contributed by atoms with Crippen molar-refractivity contribution in [2.45, 2.75) is 25.3 Å². The lowest BCUT2D eigenvalue weighted by Crippen LogP contribution is -2.63. The molecule has 0 aliphatic carbocycles. The highest BCUT2D eigenvalue weighted by atomic mass is 35.5. The second-order valence-corrected chi connectivity index (χ2v) is 8.28. The van der Waals surface area contributed by atoms with Gasteiger partial charge in [0.25, 0.3) is 11.8 Å². The SMILES string of the molecule is CCOc1cc(NC(C)=O)ccc1C(=O)NN1C(=O)[C@H](Cl)[C@@H]1c1cccc(Oc2ccccc2)c1. The lowest BCUT2D eigenvalue weighted by molar-refractivity contribution is -0.149. The van der Waals surface area contributed by atoms with E-state index in [1.807, 2.05) is 36.4 Å². The molecule has 8 nitrogen and oxygen atoms in total. The number of halogens is 1. The van der Waals surface area contributed by atoms with E-state index in [4.69, 9.17) is 21.1 Å². The van der Waals surface area contributed by atoms with Gasteiger partial charge in [-0.05, 0) is 48.9 Å². The van der Waals surface area contributed by atoms with Crippen molar-refractivity contribution in [3.05, 3.63) is 83.9 Å². The third-order valence-electron chi connectivity index (χ3n) is 5.28. The van der Waals surface area contributed by atoms with E-state index in [1.165, 1.54) is 18.0 Å². The summed E-state index contributed by atoms with van der Waals surface area (Å²) in [6.45, 7) is 3.48. The third-order valence-corrected chi connectivity index (χ3v) is 5.70. The lowest BCUT2D eigenvalue weighted by Gasteiger charge is -2.44. The van der Waals surface area contributed by atoms with E-state index in [-0.39, 0.29) is 17.2 Å². The van der Waals surface area contributed by atoms with Gasteiger partial charge in [0.1, 0.15) is 28.7 Å². The average molecular weight is 494 g/mol. The number of β-lactam (4-membered cyclic amide) rings is 1. The summed E-state index contributed by atoms with van der Waals surface area (Å²) in [4.78, 5) is 37.0. The van der Waals surface area contributed by atoms with E-state index in [2.05, 4.69) is 10.7 Å². The van der Waals surface area contributed by atoms with Crippen molar-refractivity contribution >= 4 is 35.0 Å². The van der Waals surface area contributed by atoms with Gasteiger partial charge in [0, 0.05) is 18.7 Å². The summed E-state index contributed by atoms with van der Waals surface area (Å²) < 4.78 is 11.5. The fourth-order valence-corrected chi connectivity index (χ4v) is 4.08. The zero-order chi connectivity index (χ0) is 24.9. The van der Waals surface area contributed by atoms with E-state index < -0.39 is 23.2 Å².